The molecule has 1 N–H and O–H groups in total. The molecule has 2 atom stereocenters. The summed E-state index contributed by atoms with van der Waals surface area (Å²) >= 11 is 0. The normalized spacial score (nSPS) is 31.1. The van der Waals surface area contributed by atoms with Crippen LogP contribution in [-0.2, 0) is 0 Å². The van der Waals surface area contributed by atoms with Crippen LogP contribution >= 0.6 is 0 Å². The number of hydrogen-bond acceptors (Lipinski definition) is 1. The number of nitrogens with one attached hydrogen (secondary N) is 1. The zero-order valence-corrected chi connectivity index (χ0v) is 11.3. The van der Waals surface area contributed by atoms with Crippen molar-refractivity contribution in [3.8, 4) is 0 Å². The van der Waals surface area contributed by atoms with Crippen LogP contribution in [0.2, 0.25) is 0 Å². The fourth-order valence-corrected chi connectivity index (χ4v) is 3.69. The fraction of sp³-hybridized carbons (Fsp3) is 1.00. The van der Waals surface area contributed by atoms with E-state index < -0.39 is 5.67 Å². The Morgan fingerprint density at radius 1 is 1.00 bits per heavy atom. The van der Waals surface area contributed by atoms with Gasteiger partial charge in [0.05, 0.1) is 0 Å². The summed E-state index contributed by atoms with van der Waals surface area (Å²) in [5.74, 6) is 0.655. The second kappa shape index (κ2) is 6.17. The number of piperidine rings is 1. The Bertz CT molecular complexity index is 193. The zero-order chi connectivity index (χ0) is 12.1. The lowest BCUT2D eigenvalue weighted by Gasteiger charge is -2.33. The smallest absolute Gasteiger partial charge is 0.110 e. The summed E-state index contributed by atoms with van der Waals surface area (Å²) in [4.78, 5) is 0. The molecule has 2 heteroatoms. The molecular formula is C15H28FN. The van der Waals surface area contributed by atoms with E-state index in [-0.39, 0.29) is 0 Å². The Morgan fingerprint density at radius 2 is 1.71 bits per heavy atom. The van der Waals surface area contributed by atoms with Crippen molar-refractivity contribution in [1.29, 1.82) is 0 Å². The maximum atomic E-state index is 14.6. The van der Waals surface area contributed by atoms with Crippen LogP contribution in [0.25, 0.3) is 0 Å². The van der Waals surface area contributed by atoms with Crippen molar-refractivity contribution in [2.45, 2.75) is 82.8 Å². The molecule has 0 amide bonds. The minimum atomic E-state index is -0.947. The van der Waals surface area contributed by atoms with Gasteiger partial charge in [-0.3, -0.25) is 0 Å². The van der Waals surface area contributed by atoms with Crippen molar-refractivity contribution in [2.24, 2.45) is 5.92 Å². The topological polar surface area (TPSA) is 12.0 Å². The van der Waals surface area contributed by atoms with Gasteiger partial charge in [-0.15, -0.1) is 0 Å². The molecule has 1 nitrogen and oxygen atoms in total. The van der Waals surface area contributed by atoms with Crippen LogP contribution in [0, 0.1) is 5.92 Å². The van der Waals surface area contributed by atoms with E-state index >= 15 is 0 Å². The number of alkyl halides is 1. The van der Waals surface area contributed by atoms with Crippen LogP contribution in [0.1, 0.15) is 71.1 Å². The third-order valence-electron chi connectivity index (χ3n) is 4.52. The first-order valence-electron chi connectivity index (χ1n) is 7.58. The minimum absolute atomic E-state index is 0.433. The van der Waals surface area contributed by atoms with Gasteiger partial charge in [0.25, 0.3) is 0 Å². The maximum absolute atomic E-state index is 14.6. The van der Waals surface area contributed by atoms with Crippen molar-refractivity contribution in [3.05, 3.63) is 0 Å². The molecule has 1 heterocycles. The first-order valence-corrected chi connectivity index (χ1v) is 7.58. The third-order valence-corrected chi connectivity index (χ3v) is 4.52. The van der Waals surface area contributed by atoms with Gasteiger partial charge in [-0.1, -0.05) is 38.5 Å². The molecule has 17 heavy (non-hydrogen) atoms. The first-order chi connectivity index (χ1) is 8.16. The third kappa shape index (κ3) is 4.57. The van der Waals surface area contributed by atoms with Crippen LogP contribution in [-0.4, -0.2) is 18.3 Å². The van der Waals surface area contributed by atoms with Gasteiger partial charge in [-0.05, 0) is 45.1 Å². The Balaban J connectivity index is 1.75. The summed E-state index contributed by atoms with van der Waals surface area (Å²) in [5, 5.41) is 3.47. The summed E-state index contributed by atoms with van der Waals surface area (Å²) in [6, 6.07) is 0.433. The molecule has 2 fully saturated rings. The van der Waals surface area contributed by atoms with Crippen molar-refractivity contribution in [3.63, 3.8) is 0 Å². The summed E-state index contributed by atoms with van der Waals surface area (Å²) in [6.07, 6.45) is 11.8. The summed E-state index contributed by atoms with van der Waals surface area (Å²) in [5.41, 5.74) is -0.947. The molecule has 0 bridgehead atoms. The molecule has 0 aromatic heterocycles. The molecule has 0 radical (unpaired) electrons. The zero-order valence-electron chi connectivity index (χ0n) is 11.3. The highest BCUT2D eigenvalue weighted by Crippen LogP contribution is 2.35. The Labute approximate surface area is 106 Å². The van der Waals surface area contributed by atoms with Gasteiger partial charge in [0, 0.05) is 6.04 Å². The van der Waals surface area contributed by atoms with Crippen LogP contribution < -0.4 is 5.32 Å². The SMILES string of the molecule is CC(F)(CC1CCCCC1)CC1CCCCN1. The van der Waals surface area contributed by atoms with Crippen molar-refractivity contribution >= 4 is 0 Å². The van der Waals surface area contributed by atoms with Gasteiger partial charge >= 0.3 is 0 Å². The monoisotopic (exact) mass is 241 g/mol. The first kappa shape index (κ1) is 13.3. The van der Waals surface area contributed by atoms with E-state index in [1.807, 2.05) is 6.92 Å². The van der Waals surface area contributed by atoms with E-state index in [0.717, 1.165) is 19.4 Å². The fourth-order valence-electron chi connectivity index (χ4n) is 3.69. The van der Waals surface area contributed by atoms with E-state index in [2.05, 4.69) is 5.32 Å². The predicted octanol–water partition coefficient (Wildman–Crippen LogP) is 4.22. The van der Waals surface area contributed by atoms with E-state index in [9.17, 15) is 4.39 Å². The lowest BCUT2D eigenvalue weighted by Crippen LogP contribution is -2.40. The Hall–Kier alpha value is -0.110. The Morgan fingerprint density at radius 3 is 2.35 bits per heavy atom. The number of rotatable bonds is 4. The van der Waals surface area contributed by atoms with Crippen LogP contribution in [0.3, 0.4) is 0 Å². The van der Waals surface area contributed by atoms with Crippen molar-refractivity contribution < 1.29 is 4.39 Å². The van der Waals surface area contributed by atoms with Gasteiger partial charge in [0.15, 0.2) is 0 Å². The molecule has 2 aliphatic rings. The van der Waals surface area contributed by atoms with Gasteiger partial charge in [0.2, 0.25) is 0 Å². The standard InChI is InChI=1S/C15H28FN/c1-15(16,11-13-7-3-2-4-8-13)12-14-9-5-6-10-17-14/h13-14,17H,2-12H2,1H3. The van der Waals surface area contributed by atoms with Gasteiger partial charge in [-0.25, -0.2) is 4.39 Å². The lowest BCUT2D eigenvalue weighted by atomic mass is 9.79. The maximum Gasteiger partial charge on any atom is 0.110 e. The minimum Gasteiger partial charge on any atom is -0.314 e. The van der Waals surface area contributed by atoms with Crippen LogP contribution in [0.5, 0.6) is 0 Å². The largest absolute Gasteiger partial charge is 0.314 e. The molecular weight excluding hydrogens is 213 g/mol. The van der Waals surface area contributed by atoms with Gasteiger partial charge in [-0.2, -0.15) is 0 Å². The second-order valence-corrected chi connectivity index (χ2v) is 6.47. The highest BCUT2D eigenvalue weighted by atomic mass is 19.1. The lowest BCUT2D eigenvalue weighted by molar-refractivity contribution is 0.100. The molecule has 0 aromatic carbocycles. The number of halogens is 1. The van der Waals surface area contributed by atoms with E-state index in [0.29, 0.717) is 12.0 Å². The predicted molar refractivity (Wildman–Crippen MR) is 71.0 cm³/mol. The average molecular weight is 241 g/mol. The Kier molecular flexibility index (Phi) is 4.84. The molecule has 1 saturated carbocycles. The molecule has 0 aromatic rings. The quantitative estimate of drug-likeness (QED) is 0.777. The highest BCUT2D eigenvalue weighted by molar-refractivity contribution is 4.85. The van der Waals surface area contributed by atoms with Crippen molar-refractivity contribution in [2.75, 3.05) is 6.54 Å². The van der Waals surface area contributed by atoms with E-state index in [4.69, 9.17) is 0 Å². The summed E-state index contributed by atoms with van der Waals surface area (Å²) in [7, 11) is 0. The van der Waals surface area contributed by atoms with Crippen LogP contribution in [0.15, 0.2) is 0 Å². The summed E-state index contributed by atoms with van der Waals surface area (Å²) in [6.45, 7) is 2.92. The molecule has 2 rings (SSSR count). The van der Waals surface area contributed by atoms with Crippen molar-refractivity contribution in [1.82, 2.24) is 5.32 Å². The molecule has 2 unspecified atom stereocenters. The van der Waals surface area contributed by atoms with Crippen LogP contribution in [0.4, 0.5) is 4.39 Å². The van der Waals surface area contributed by atoms with Gasteiger partial charge < -0.3 is 5.32 Å². The number of hydrogen-bond donors (Lipinski definition) is 1. The molecule has 0 spiro atoms. The average Bonchev–Trinajstić information content (AvgIpc) is 2.30. The molecule has 1 saturated heterocycles. The second-order valence-electron chi connectivity index (χ2n) is 6.47. The highest BCUT2D eigenvalue weighted by Gasteiger charge is 2.31. The molecule has 100 valence electrons. The van der Waals surface area contributed by atoms with E-state index in [1.54, 1.807) is 0 Å². The molecule has 1 aliphatic heterocycles. The summed E-state index contributed by atoms with van der Waals surface area (Å²) < 4.78 is 14.6. The van der Waals surface area contributed by atoms with Gasteiger partial charge in [0.1, 0.15) is 5.67 Å². The van der Waals surface area contributed by atoms with E-state index in [1.165, 1.54) is 51.4 Å². The molecule has 1 aliphatic carbocycles.